The first-order valence-corrected chi connectivity index (χ1v) is 8.97. The van der Waals surface area contributed by atoms with Gasteiger partial charge in [0.25, 0.3) is 0 Å². The molecule has 3 N–H and O–H groups in total. The Morgan fingerprint density at radius 2 is 1.89 bits per heavy atom. The van der Waals surface area contributed by atoms with Crippen LogP contribution in [0.5, 0.6) is 0 Å². The highest BCUT2D eigenvalue weighted by atomic mass is 127. The number of hydrogen-bond donors (Lipinski definition) is 2. The summed E-state index contributed by atoms with van der Waals surface area (Å²) in [6.45, 7) is 0.894. The van der Waals surface area contributed by atoms with Gasteiger partial charge in [0, 0.05) is 32.2 Å². The van der Waals surface area contributed by atoms with Crippen molar-refractivity contribution in [2.45, 2.75) is 13.0 Å². The maximum atomic E-state index is 13.0. The van der Waals surface area contributed by atoms with Crippen LogP contribution < -0.4 is 11.1 Å². The van der Waals surface area contributed by atoms with E-state index in [1.165, 1.54) is 12.1 Å². The number of carbonyl (C=O) groups excluding carboxylic acids is 1. The fourth-order valence-electron chi connectivity index (χ4n) is 2.73. The first-order valence-electron chi connectivity index (χ1n) is 8.59. The summed E-state index contributed by atoms with van der Waals surface area (Å²) in [5, 5.41) is 3.87. The van der Waals surface area contributed by atoms with Crippen molar-refractivity contribution in [1.82, 2.24) is 10.2 Å². The zero-order valence-corrected chi connectivity index (χ0v) is 18.9. The van der Waals surface area contributed by atoms with Gasteiger partial charge in [0.15, 0.2) is 5.96 Å². The monoisotopic (exact) mass is 518 g/mol. The molecular formula is C20H25ClFIN4O. The van der Waals surface area contributed by atoms with Crippen molar-refractivity contribution >= 4 is 47.4 Å². The Morgan fingerprint density at radius 1 is 1.25 bits per heavy atom. The third-order valence-electron chi connectivity index (χ3n) is 4.24. The molecule has 2 rings (SSSR count). The lowest BCUT2D eigenvalue weighted by Crippen LogP contribution is -2.43. The molecule has 1 unspecified atom stereocenters. The van der Waals surface area contributed by atoms with E-state index in [1.807, 2.05) is 36.2 Å². The molecule has 152 valence electrons. The Kier molecular flexibility index (Phi) is 10.2. The maximum absolute atomic E-state index is 13.0. The molecule has 1 amide bonds. The zero-order valence-electron chi connectivity index (χ0n) is 15.9. The molecule has 0 aliphatic carbocycles. The number of guanidine groups is 1. The Balaban J connectivity index is 0.00000392. The second-order valence-corrected chi connectivity index (χ2v) is 6.71. The molecule has 2 aromatic rings. The molecule has 28 heavy (non-hydrogen) atoms. The number of carbonyl (C=O) groups is 1. The first kappa shape index (κ1) is 24.2. The first-order chi connectivity index (χ1) is 12.9. The fourth-order valence-corrected chi connectivity index (χ4v) is 2.93. The van der Waals surface area contributed by atoms with E-state index in [9.17, 15) is 9.18 Å². The minimum absolute atomic E-state index is 0. The van der Waals surface area contributed by atoms with Crippen LogP contribution in [0.2, 0.25) is 5.02 Å². The van der Waals surface area contributed by atoms with E-state index in [0.717, 1.165) is 11.1 Å². The fraction of sp³-hybridized carbons (Fsp3) is 0.300. The molecule has 0 aliphatic rings. The molecule has 0 spiro atoms. The summed E-state index contributed by atoms with van der Waals surface area (Å²) >= 11 is 6.21. The molecule has 8 heteroatoms. The van der Waals surface area contributed by atoms with E-state index < -0.39 is 11.8 Å². The highest BCUT2D eigenvalue weighted by Crippen LogP contribution is 2.16. The number of aliphatic imine (C=N–C) groups is 1. The van der Waals surface area contributed by atoms with Crippen LogP contribution in [0.3, 0.4) is 0 Å². The number of nitrogens with one attached hydrogen (secondary N) is 1. The molecule has 0 radical (unpaired) electrons. The van der Waals surface area contributed by atoms with Crippen molar-refractivity contribution in [3.63, 3.8) is 0 Å². The molecule has 2 aromatic carbocycles. The number of benzene rings is 2. The predicted octanol–water partition coefficient (Wildman–Crippen LogP) is 3.45. The van der Waals surface area contributed by atoms with Gasteiger partial charge in [-0.05, 0) is 35.7 Å². The van der Waals surface area contributed by atoms with Gasteiger partial charge < -0.3 is 16.0 Å². The van der Waals surface area contributed by atoms with E-state index in [-0.39, 0.29) is 29.8 Å². The van der Waals surface area contributed by atoms with Gasteiger partial charge in [-0.25, -0.2) is 4.39 Å². The predicted molar refractivity (Wildman–Crippen MR) is 122 cm³/mol. The van der Waals surface area contributed by atoms with Crippen molar-refractivity contribution in [2.24, 2.45) is 16.6 Å². The Hall–Kier alpha value is -1.87. The minimum atomic E-state index is -0.444. The Morgan fingerprint density at radius 3 is 2.46 bits per heavy atom. The Labute approximate surface area is 187 Å². The van der Waals surface area contributed by atoms with Gasteiger partial charge >= 0.3 is 0 Å². The van der Waals surface area contributed by atoms with Crippen molar-refractivity contribution in [1.29, 1.82) is 0 Å². The number of rotatable bonds is 7. The molecule has 5 nitrogen and oxygen atoms in total. The Bertz CT molecular complexity index is 801. The SMILES string of the molecule is CN=C(NCC(Cc1ccc(F)cc1)C(N)=O)N(C)Cc1ccccc1Cl.I. The van der Waals surface area contributed by atoms with Gasteiger partial charge in [0.2, 0.25) is 5.91 Å². The topological polar surface area (TPSA) is 70.7 Å². The van der Waals surface area contributed by atoms with E-state index in [2.05, 4.69) is 10.3 Å². The highest BCUT2D eigenvalue weighted by molar-refractivity contribution is 14.0. The third-order valence-corrected chi connectivity index (χ3v) is 4.61. The molecular weight excluding hydrogens is 494 g/mol. The molecule has 1 atom stereocenters. The van der Waals surface area contributed by atoms with Gasteiger partial charge in [-0.15, -0.1) is 24.0 Å². The molecule has 0 saturated carbocycles. The summed E-state index contributed by atoms with van der Waals surface area (Å²) in [5.41, 5.74) is 7.36. The van der Waals surface area contributed by atoms with E-state index in [4.69, 9.17) is 17.3 Å². The maximum Gasteiger partial charge on any atom is 0.222 e. The van der Waals surface area contributed by atoms with E-state index in [0.29, 0.717) is 30.5 Å². The lowest BCUT2D eigenvalue weighted by atomic mass is 9.98. The molecule has 0 fully saturated rings. The van der Waals surface area contributed by atoms with Crippen molar-refractivity contribution < 1.29 is 9.18 Å². The van der Waals surface area contributed by atoms with Crippen LogP contribution in [0.15, 0.2) is 53.5 Å². The number of amides is 1. The summed E-state index contributed by atoms with van der Waals surface area (Å²) in [6, 6.07) is 13.7. The number of hydrogen-bond acceptors (Lipinski definition) is 2. The summed E-state index contributed by atoms with van der Waals surface area (Å²) in [7, 11) is 3.56. The molecule has 0 aromatic heterocycles. The minimum Gasteiger partial charge on any atom is -0.369 e. The summed E-state index contributed by atoms with van der Waals surface area (Å²) in [5.74, 6) is -0.550. The lowest BCUT2D eigenvalue weighted by Gasteiger charge is -2.24. The van der Waals surface area contributed by atoms with Crippen LogP contribution in [0, 0.1) is 11.7 Å². The summed E-state index contributed by atoms with van der Waals surface area (Å²) in [6.07, 6.45) is 0.424. The number of nitrogens with two attached hydrogens (primary N) is 1. The van der Waals surface area contributed by atoms with Crippen molar-refractivity contribution in [3.05, 3.63) is 70.5 Å². The number of halogens is 3. The van der Waals surface area contributed by atoms with Crippen LogP contribution >= 0.6 is 35.6 Å². The molecule has 0 bridgehead atoms. The van der Waals surface area contributed by atoms with Crippen LogP contribution in [-0.4, -0.2) is 37.4 Å². The van der Waals surface area contributed by atoms with Crippen LogP contribution in [0.25, 0.3) is 0 Å². The van der Waals surface area contributed by atoms with Gasteiger partial charge in [0.1, 0.15) is 5.82 Å². The smallest absolute Gasteiger partial charge is 0.222 e. The zero-order chi connectivity index (χ0) is 19.8. The van der Waals surface area contributed by atoms with Gasteiger partial charge in [-0.3, -0.25) is 9.79 Å². The highest BCUT2D eigenvalue weighted by Gasteiger charge is 2.18. The number of primary amides is 1. The van der Waals surface area contributed by atoms with Gasteiger partial charge in [0.05, 0.1) is 5.92 Å². The quantitative estimate of drug-likeness (QED) is 0.335. The second-order valence-electron chi connectivity index (χ2n) is 6.31. The number of nitrogens with zero attached hydrogens (tertiary/aromatic N) is 2. The van der Waals surface area contributed by atoms with E-state index >= 15 is 0 Å². The summed E-state index contributed by atoms with van der Waals surface area (Å²) in [4.78, 5) is 18.0. The molecule has 0 saturated heterocycles. The van der Waals surface area contributed by atoms with Crippen LogP contribution in [0.4, 0.5) is 4.39 Å². The van der Waals surface area contributed by atoms with Crippen LogP contribution in [-0.2, 0) is 17.8 Å². The van der Waals surface area contributed by atoms with Gasteiger partial charge in [-0.1, -0.05) is 41.9 Å². The van der Waals surface area contributed by atoms with Crippen LogP contribution in [0.1, 0.15) is 11.1 Å². The lowest BCUT2D eigenvalue weighted by molar-refractivity contribution is -0.121. The standard InChI is InChI=1S/C20H24ClFN4O.HI/c1-24-20(26(2)13-15-5-3-4-6-18(15)21)25-12-16(19(23)27)11-14-7-9-17(22)10-8-14;/h3-10,16H,11-13H2,1-2H3,(H2,23,27)(H,24,25);1H. The average Bonchev–Trinajstić information content (AvgIpc) is 2.64. The van der Waals surface area contributed by atoms with Crippen molar-refractivity contribution in [3.8, 4) is 0 Å². The van der Waals surface area contributed by atoms with E-state index in [1.54, 1.807) is 19.2 Å². The van der Waals surface area contributed by atoms with Gasteiger partial charge in [-0.2, -0.15) is 0 Å². The molecule has 0 heterocycles. The normalized spacial score (nSPS) is 12.1. The molecule has 0 aliphatic heterocycles. The largest absolute Gasteiger partial charge is 0.369 e. The average molecular weight is 519 g/mol. The third kappa shape index (κ3) is 7.27. The second kappa shape index (κ2) is 11.9. The summed E-state index contributed by atoms with van der Waals surface area (Å²) < 4.78 is 13.0. The van der Waals surface area contributed by atoms with Crippen molar-refractivity contribution in [2.75, 3.05) is 20.6 Å².